The Balaban J connectivity index is 1.50. The highest BCUT2D eigenvalue weighted by Gasteiger charge is 2.75. The average molecular weight is 686 g/mol. The lowest BCUT2D eigenvalue weighted by Gasteiger charge is -2.41. The van der Waals surface area contributed by atoms with E-state index in [1.807, 2.05) is 67.6 Å². The second kappa shape index (κ2) is 16.6. The molecule has 2 N–H and O–H groups in total. The summed E-state index contributed by atoms with van der Waals surface area (Å²) in [5.41, 5.74) is 0.341. The van der Waals surface area contributed by atoms with Crippen molar-refractivity contribution in [1.29, 1.82) is 0 Å². The van der Waals surface area contributed by atoms with Crippen molar-refractivity contribution in [3.63, 3.8) is 0 Å². The first-order chi connectivity index (χ1) is 24.2. The largest absolute Gasteiger partial charge is 0.455 e. The van der Waals surface area contributed by atoms with Crippen LogP contribution in [-0.4, -0.2) is 88.1 Å². The number of carbonyl (C=O) groups excluding carboxylic acids is 4. The Kier molecular flexibility index (Phi) is 12.3. The predicted octanol–water partition coefficient (Wildman–Crippen LogP) is 4.53. The molecule has 3 amide bonds. The van der Waals surface area contributed by atoms with Crippen molar-refractivity contribution in [2.75, 3.05) is 19.7 Å². The van der Waals surface area contributed by atoms with Gasteiger partial charge in [0.15, 0.2) is 0 Å². The molecule has 3 saturated heterocycles. The van der Waals surface area contributed by atoms with Gasteiger partial charge in [-0.2, -0.15) is 0 Å². The molecule has 5 rings (SSSR count). The zero-order valence-corrected chi connectivity index (χ0v) is 29.2. The Bertz CT molecular complexity index is 1520. The van der Waals surface area contributed by atoms with Gasteiger partial charge in [0.05, 0.1) is 37.1 Å². The molecule has 3 aliphatic heterocycles. The van der Waals surface area contributed by atoms with Gasteiger partial charge in [-0.3, -0.25) is 19.2 Å². The van der Waals surface area contributed by atoms with Gasteiger partial charge in [0.1, 0.15) is 17.7 Å². The third-order valence-corrected chi connectivity index (χ3v) is 10.5. The molecule has 2 bridgehead atoms. The number of fused-ring (bicyclic) bond motifs is 1. The first kappa shape index (κ1) is 37.0. The summed E-state index contributed by atoms with van der Waals surface area (Å²) in [7, 11) is 0. The molecule has 2 aromatic carbocycles. The highest BCUT2D eigenvalue weighted by atomic mass is 16.6. The number of nitrogens with zero attached hydrogens (tertiary/aromatic N) is 2. The van der Waals surface area contributed by atoms with Crippen molar-refractivity contribution < 1.29 is 33.8 Å². The minimum atomic E-state index is -1.26. The van der Waals surface area contributed by atoms with Crippen LogP contribution in [0.4, 0.5) is 0 Å². The predicted molar refractivity (Wildman–Crippen MR) is 189 cm³/mol. The number of amides is 3. The normalized spacial score (nSPS) is 25.3. The second-order valence-electron chi connectivity index (χ2n) is 13.7. The number of rotatable bonds is 18. The summed E-state index contributed by atoms with van der Waals surface area (Å²) in [6, 6.07) is 16.8. The number of aliphatic hydroxyl groups excluding tert-OH is 1. The molecule has 1 unspecified atom stereocenters. The van der Waals surface area contributed by atoms with Gasteiger partial charge in [-0.25, -0.2) is 0 Å². The van der Waals surface area contributed by atoms with Gasteiger partial charge in [0.25, 0.3) is 0 Å². The quantitative estimate of drug-likeness (QED) is 0.175. The fraction of sp³-hybridized carbons (Fsp3) is 0.500. The molecular weight excluding hydrogens is 634 g/mol. The van der Waals surface area contributed by atoms with Crippen LogP contribution >= 0.6 is 0 Å². The first-order valence-corrected chi connectivity index (χ1v) is 17.9. The maximum Gasteiger partial charge on any atom is 0.313 e. The minimum Gasteiger partial charge on any atom is -0.455 e. The van der Waals surface area contributed by atoms with Gasteiger partial charge in [0.2, 0.25) is 17.7 Å². The fourth-order valence-electron chi connectivity index (χ4n) is 8.17. The van der Waals surface area contributed by atoms with E-state index in [0.29, 0.717) is 31.2 Å². The Morgan fingerprint density at radius 2 is 1.82 bits per heavy atom. The van der Waals surface area contributed by atoms with Crippen molar-refractivity contribution in [1.82, 2.24) is 15.1 Å². The van der Waals surface area contributed by atoms with Crippen molar-refractivity contribution in [3.05, 3.63) is 97.1 Å². The maximum atomic E-state index is 14.8. The molecule has 3 aliphatic rings. The van der Waals surface area contributed by atoms with Crippen molar-refractivity contribution in [2.45, 2.75) is 94.7 Å². The van der Waals surface area contributed by atoms with Crippen LogP contribution in [0.1, 0.15) is 69.6 Å². The van der Waals surface area contributed by atoms with Crippen LogP contribution in [0.25, 0.3) is 0 Å². The van der Waals surface area contributed by atoms with Crippen molar-refractivity contribution >= 4 is 23.7 Å². The Morgan fingerprint density at radius 1 is 1.12 bits per heavy atom. The summed E-state index contributed by atoms with van der Waals surface area (Å²) < 4.78 is 12.9. The number of aliphatic hydroxyl groups is 1. The van der Waals surface area contributed by atoms with Gasteiger partial charge < -0.3 is 29.7 Å². The number of hydrogen-bond donors (Lipinski definition) is 2. The number of carbonyl (C=O) groups is 4. The van der Waals surface area contributed by atoms with Gasteiger partial charge in [0, 0.05) is 19.0 Å². The molecule has 50 heavy (non-hydrogen) atoms. The summed E-state index contributed by atoms with van der Waals surface area (Å²) in [5, 5.41) is 13.7. The van der Waals surface area contributed by atoms with Gasteiger partial charge >= 0.3 is 5.97 Å². The smallest absolute Gasteiger partial charge is 0.313 e. The Morgan fingerprint density at radius 3 is 2.46 bits per heavy atom. The molecule has 2 aromatic rings. The lowest BCUT2D eigenvalue weighted by molar-refractivity contribution is -0.161. The monoisotopic (exact) mass is 685 g/mol. The third-order valence-electron chi connectivity index (χ3n) is 10.5. The highest BCUT2D eigenvalue weighted by Crippen LogP contribution is 2.59. The van der Waals surface area contributed by atoms with Crippen LogP contribution in [0.5, 0.6) is 0 Å². The molecule has 0 radical (unpaired) electrons. The number of esters is 1. The van der Waals surface area contributed by atoms with Crippen LogP contribution in [0, 0.1) is 11.8 Å². The highest BCUT2D eigenvalue weighted by molar-refractivity contribution is 5.98. The van der Waals surface area contributed by atoms with E-state index in [2.05, 4.69) is 25.4 Å². The summed E-state index contributed by atoms with van der Waals surface area (Å²) in [6.45, 7) is 11.6. The van der Waals surface area contributed by atoms with E-state index >= 15 is 0 Å². The molecular formula is C40H51N3O7. The number of nitrogens with one attached hydrogen (secondary N) is 1. The van der Waals surface area contributed by atoms with Crippen LogP contribution in [0.3, 0.4) is 0 Å². The molecule has 8 atom stereocenters. The topological polar surface area (TPSA) is 125 Å². The standard InChI is InChI=1S/C40H51N3O7/c1-5-8-20-33(45)41-25-32(29-18-13-10-14-19-29)49-39(48)34-31-21-22-40(50-31)35(34)37(46)43(30(26-44)24-28-16-11-9-12-17-28)36(40)38(47)42(23-7-3)27(4)15-6-2/h5,7,9-14,16-19,27,30-32,34-36,44H,1,3,6,8,15,20-26H2,2,4H3,(H,41,45)/t27?,30-,31+,32+,34-,35-,36+,40-/m1/s1. The van der Waals surface area contributed by atoms with E-state index in [1.54, 1.807) is 17.1 Å². The minimum absolute atomic E-state index is 0.0520. The van der Waals surface area contributed by atoms with Gasteiger partial charge in [-0.05, 0) is 50.2 Å². The molecule has 0 aliphatic carbocycles. The van der Waals surface area contributed by atoms with E-state index in [1.165, 1.54) is 4.90 Å². The summed E-state index contributed by atoms with van der Waals surface area (Å²) >= 11 is 0. The maximum absolute atomic E-state index is 14.8. The van der Waals surface area contributed by atoms with Crippen LogP contribution < -0.4 is 5.32 Å². The Hall–Kier alpha value is -4.28. The summed E-state index contributed by atoms with van der Waals surface area (Å²) in [4.78, 5) is 59.7. The molecule has 0 aromatic heterocycles. The molecule has 268 valence electrons. The second-order valence-corrected chi connectivity index (χ2v) is 13.7. The molecule has 0 saturated carbocycles. The van der Waals surface area contributed by atoms with E-state index in [0.717, 1.165) is 18.4 Å². The lowest BCUT2D eigenvalue weighted by Crippen LogP contribution is -2.60. The molecule has 3 heterocycles. The van der Waals surface area contributed by atoms with Crippen LogP contribution in [-0.2, 0) is 35.1 Å². The van der Waals surface area contributed by atoms with Crippen LogP contribution in [0.2, 0.25) is 0 Å². The summed E-state index contributed by atoms with van der Waals surface area (Å²) in [6.07, 6.45) is 5.54. The number of hydrogen-bond acceptors (Lipinski definition) is 7. The number of ether oxygens (including phenoxy) is 2. The molecule has 1 spiro atoms. The van der Waals surface area contributed by atoms with Crippen molar-refractivity contribution in [2.24, 2.45) is 11.8 Å². The lowest BCUT2D eigenvalue weighted by atomic mass is 9.70. The van der Waals surface area contributed by atoms with E-state index in [4.69, 9.17) is 9.47 Å². The Labute approximate surface area is 295 Å². The van der Waals surface area contributed by atoms with E-state index in [-0.39, 0.29) is 44.0 Å². The molecule has 3 fully saturated rings. The third kappa shape index (κ3) is 7.42. The fourth-order valence-corrected chi connectivity index (χ4v) is 8.17. The van der Waals surface area contributed by atoms with E-state index < -0.39 is 53.6 Å². The molecule has 10 heteroatoms. The van der Waals surface area contributed by atoms with Crippen molar-refractivity contribution in [3.8, 4) is 0 Å². The zero-order chi connectivity index (χ0) is 35.8. The van der Waals surface area contributed by atoms with Crippen LogP contribution in [0.15, 0.2) is 86.0 Å². The average Bonchev–Trinajstić information content (AvgIpc) is 3.78. The number of allylic oxidation sites excluding steroid dienone is 1. The van der Waals surface area contributed by atoms with E-state index in [9.17, 15) is 24.3 Å². The van der Waals surface area contributed by atoms with Gasteiger partial charge in [-0.1, -0.05) is 86.2 Å². The summed E-state index contributed by atoms with van der Waals surface area (Å²) in [5.74, 6) is -3.40. The zero-order valence-electron chi connectivity index (χ0n) is 29.2. The SMILES string of the molecule is C=CCCC(=O)NC[C@H](OC(=O)[C@@H]1[C@@H]2CC[C@]3(O2)[C@H](C(=O)N(CC=C)C(C)CCC)N([C@@H](CO)Cc2ccccc2)C(=O)[C@@H]13)c1ccccc1. The molecule has 10 nitrogen and oxygen atoms in total. The number of likely N-dealkylation sites (tertiary alicyclic amines) is 1. The number of benzene rings is 2. The van der Waals surface area contributed by atoms with Gasteiger partial charge in [-0.15, -0.1) is 13.2 Å². The first-order valence-electron chi connectivity index (χ1n) is 17.9.